The molecule has 35 heavy (non-hydrogen) atoms. The van der Waals surface area contributed by atoms with Gasteiger partial charge in [-0.3, -0.25) is 4.84 Å². The van der Waals surface area contributed by atoms with E-state index in [1.54, 1.807) is 11.3 Å². The van der Waals surface area contributed by atoms with Crippen molar-refractivity contribution in [2.75, 3.05) is 49.1 Å². The molecule has 2 aromatic carbocycles. The van der Waals surface area contributed by atoms with Crippen LogP contribution in [0.5, 0.6) is 0 Å². The zero-order chi connectivity index (χ0) is 23.8. The summed E-state index contributed by atoms with van der Waals surface area (Å²) >= 11 is 1.65. The Morgan fingerprint density at radius 2 is 1.91 bits per heavy atom. The van der Waals surface area contributed by atoms with Crippen molar-refractivity contribution in [1.82, 2.24) is 14.9 Å². The summed E-state index contributed by atoms with van der Waals surface area (Å²) in [6, 6.07) is 21.8. The van der Waals surface area contributed by atoms with Crippen molar-refractivity contribution >= 4 is 44.7 Å². The number of likely N-dealkylation sites (N-methyl/N-ethyl adjacent to an activating group) is 1. The molecular weight excluding hydrogens is 456 g/mol. The maximum absolute atomic E-state index is 6.12. The summed E-state index contributed by atoms with van der Waals surface area (Å²) in [5, 5.41) is 7.51. The van der Waals surface area contributed by atoms with Crippen LogP contribution in [0.1, 0.15) is 24.4 Å². The van der Waals surface area contributed by atoms with Crippen LogP contribution in [0.15, 0.2) is 66.0 Å². The molecule has 0 bridgehead atoms. The molecule has 1 N–H and O–H groups in total. The minimum Gasteiger partial charge on any atom is -0.370 e. The Bertz CT molecular complexity index is 1310. The Morgan fingerprint density at radius 3 is 2.74 bits per heavy atom. The van der Waals surface area contributed by atoms with Crippen molar-refractivity contribution in [2.24, 2.45) is 0 Å². The molecule has 0 aliphatic carbocycles. The van der Waals surface area contributed by atoms with Crippen molar-refractivity contribution in [3.05, 3.63) is 71.6 Å². The van der Waals surface area contributed by atoms with E-state index in [2.05, 4.69) is 83.1 Å². The fourth-order valence-corrected chi connectivity index (χ4v) is 5.82. The fraction of sp³-hybridized carbons (Fsp3) is 0.333. The van der Waals surface area contributed by atoms with Gasteiger partial charge < -0.3 is 15.1 Å². The Morgan fingerprint density at radius 1 is 1.03 bits per heavy atom. The lowest BCUT2D eigenvalue weighted by molar-refractivity contribution is 0.157. The predicted molar refractivity (Wildman–Crippen MR) is 144 cm³/mol. The smallest absolute Gasteiger partial charge is 0.229 e. The lowest BCUT2D eigenvalue weighted by Crippen LogP contribution is -2.31. The molecule has 2 aromatic heterocycles. The second kappa shape index (κ2) is 9.45. The van der Waals surface area contributed by atoms with Crippen LogP contribution < -0.4 is 15.3 Å². The minimum absolute atomic E-state index is 0.132. The number of nitrogens with one attached hydrogen (secondary N) is 1. The van der Waals surface area contributed by atoms with E-state index in [4.69, 9.17) is 14.8 Å². The van der Waals surface area contributed by atoms with E-state index in [0.29, 0.717) is 18.6 Å². The van der Waals surface area contributed by atoms with E-state index in [0.717, 1.165) is 41.2 Å². The van der Waals surface area contributed by atoms with Crippen molar-refractivity contribution in [2.45, 2.75) is 24.9 Å². The molecule has 4 aromatic rings. The maximum Gasteiger partial charge on any atom is 0.229 e. The number of rotatable bonds is 6. The van der Waals surface area contributed by atoms with Crippen LogP contribution in [0.3, 0.4) is 0 Å². The molecule has 2 fully saturated rings. The summed E-state index contributed by atoms with van der Waals surface area (Å²) in [5.74, 6) is 1.40. The number of aromatic nitrogens is 2. The molecule has 7 nitrogen and oxygen atoms in total. The summed E-state index contributed by atoms with van der Waals surface area (Å²) in [6.45, 7) is 2.79. The average Bonchev–Trinajstić information content (AvgIpc) is 3.65. The largest absolute Gasteiger partial charge is 0.370 e. The highest BCUT2D eigenvalue weighted by Gasteiger charge is 2.31. The van der Waals surface area contributed by atoms with E-state index in [1.807, 2.05) is 17.2 Å². The molecule has 4 heterocycles. The second-order valence-electron chi connectivity index (χ2n) is 9.41. The van der Waals surface area contributed by atoms with Crippen molar-refractivity contribution in [3.63, 3.8) is 0 Å². The van der Waals surface area contributed by atoms with Crippen LogP contribution in [0.4, 0.5) is 23.1 Å². The number of hydroxylamine groups is 1. The Kier molecular flexibility index (Phi) is 6.01. The van der Waals surface area contributed by atoms with Crippen LogP contribution in [0, 0.1) is 0 Å². The van der Waals surface area contributed by atoms with E-state index in [9.17, 15) is 0 Å². The molecule has 6 rings (SSSR count). The third-order valence-electron chi connectivity index (χ3n) is 6.94. The standard InChI is InChI=1S/C27H30N6OS/c1-31(2)22-11-14-32(18-22)21-10-6-9-20(17-21)28-27-29-23-13-16-35-25(23)26(30-27)33-24(12-15-34-33)19-7-4-3-5-8-19/h3-10,13,16-17,22,24H,11-12,14-15,18H2,1-2H3,(H,28,29,30)/t22-,24+/m0/s1. The summed E-state index contributed by atoms with van der Waals surface area (Å²) in [6.07, 6.45) is 2.11. The van der Waals surface area contributed by atoms with Gasteiger partial charge in [0.15, 0.2) is 5.82 Å². The van der Waals surface area contributed by atoms with Gasteiger partial charge in [-0.05, 0) is 55.7 Å². The number of thiophene rings is 1. The molecule has 0 spiro atoms. The molecule has 8 heteroatoms. The van der Waals surface area contributed by atoms with Crippen LogP contribution in [-0.4, -0.2) is 54.7 Å². The molecule has 2 saturated heterocycles. The highest BCUT2D eigenvalue weighted by Crippen LogP contribution is 2.39. The molecule has 2 atom stereocenters. The predicted octanol–water partition coefficient (Wildman–Crippen LogP) is 5.46. The number of nitrogens with zero attached hydrogens (tertiary/aromatic N) is 5. The van der Waals surface area contributed by atoms with Crippen molar-refractivity contribution < 1.29 is 4.84 Å². The highest BCUT2D eigenvalue weighted by atomic mass is 32.1. The summed E-state index contributed by atoms with van der Waals surface area (Å²) < 4.78 is 1.04. The van der Waals surface area contributed by atoms with Gasteiger partial charge in [0.1, 0.15) is 0 Å². The highest BCUT2D eigenvalue weighted by molar-refractivity contribution is 7.17. The minimum atomic E-state index is 0.132. The topological polar surface area (TPSA) is 56.8 Å². The van der Waals surface area contributed by atoms with E-state index >= 15 is 0 Å². The van der Waals surface area contributed by atoms with Gasteiger partial charge in [0.05, 0.1) is 22.9 Å². The first-order valence-corrected chi connectivity index (χ1v) is 13.0. The van der Waals surface area contributed by atoms with Crippen molar-refractivity contribution in [1.29, 1.82) is 0 Å². The molecule has 0 amide bonds. The molecular formula is C27H30N6OS. The molecule has 0 unspecified atom stereocenters. The normalized spacial score (nSPS) is 20.3. The first-order chi connectivity index (χ1) is 17.2. The quantitative estimate of drug-likeness (QED) is 0.388. The fourth-order valence-electron chi connectivity index (χ4n) is 5.02. The molecule has 180 valence electrons. The summed E-state index contributed by atoms with van der Waals surface area (Å²) in [7, 11) is 4.32. The van der Waals surface area contributed by atoms with Gasteiger partial charge in [-0.1, -0.05) is 36.4 Å². The number of fused-ring (bicyclic) bond motifs is 1. The SMILES string of the molecule is CN(C)[C@H]1CCN(c2cccc(Nc3nc(N4OCC[C@@H]4c4ccccc4)c4sccc4n3)c2)C1. The van der Waals surface area contributed by atoms with Gasteiger partial charge in [0.25, 0.3) is 0 Å². The van der Waals surface area contributed by atoms with Gasteiger partial charge in [-0.25, -0.2) is 10.0 Å². The summed E-state index contributed by atoms with van der Waals surface area (Å²) in [4.78, 5) is 20.6. The first-order valence-electron chi connectivity index (χ1n) is 12.2. The zero-order valence-corrected chi connectivity index (χ0v) is 20.9. The lowest BCUT2D eigenvalue weighted by atomic mass is 10.0. The lowest BCUT2D eigenvalue weighted by Gasteiger charge is -2.24. The van der Waals surface area contributed by atoms with Gasteiger partial charge in [-0.2, -0.15) is 4.98 Å². The first kappa shape index (κ1) is 22.3. The van der Waals surface area contributed by atoms with Crippen LogP contribution in [-0.2, 0) is 4.84 Å². The van der Waals surface area contributed by atoms with Crippen LogP contribution >= 0.6 is 11.3 Å². The van der Waals surface area contributed by atoms with E-state index < -0.39 is 0 Å². The Hall–Kier alpha value is -3.20. The number of hydrogen-bond donors (Lipinski definition) is 1. The number of hydrogen-bond acceptors (Lipinski definition) is 8. The van der Waals surface area contributed by atoms with Crippen molar-refractivity contribution in [3.8, 4) is 0 Å². The van der Waals surface area contributed by atoms with Crippen LogP contribution in [0.2, 0.25) is 0 Å². The second-order valence-corrected chi connectivity index (χ2v) is 10.3. The van der Waals surface area contributed by atoms with Gasteiger partial charge in [0, 0.05) is 36.9 Å². The third-order valence-corrected chi connectivity index (χ3v) is 7.84. The molecule has 0 saturated carbocycles. The molecule has 2 aliphatic rings. The average molecular weight is 487 g/mol. The number of benzene rings is 2. The number of anilines is 4. The Balaban J connectivity index is 1.29. The Labute approximate surface area is 209 Å². The molecule has 0 radical (unpaired) electrons. The monoisotopic (exact) mass is 486 g/mol. The molecule has 2 aliphatic heterocycles. The van der Waals surface area contributed by atoms with E-state index in [-0.39, 0.29) is 6.04 Å². The van der Waals surface area contributed by atoms with Crippen LogP contribution in [0.25, 0.3) is 10.2 Å². The summed E-state index contributed by atoms with van der Waals surface area (Å²) in [5.41, 5.74) is 4.37. The van der Waals surface area contributed by atoms with Gasteiger partial charge in [-0.15, -0.1) is 11.3 Å². The van der Waals surface area contributed by atoms with Gasteiger partial charge in [0.2, 0.25) is 5.95 Å². The third kappa shape index (κ3) is 4.45. The zero-order valence-electron chi connectivity index (χ0n) is 20.1. The van der Waals surface area contributed by atoms with Gasteiger partial charge >= 0.3 is 0 Å². The maximum atomic E-state index is 6.12. The van der Waals surface area contributed by atoms with E-state index in [1.165, 1.54) is 17.7 Å².